The molecule has 0 aromatic rings. The molecule has 1 N–H and O–H groups in total. The summed E-state index contributed by atoms with van der Waals surface area (Å²) in [4.78, 5) is 31.7. The van der Waals surface area contributed by atoms with Crippen LogP contribution in [0, 0.1) is 5.92 Å². The number of carbonyl (C=O) groups excluding carboxylic acids is 2. The number of ketones is 1. The van der Waals surface area contributed by atoms with Gasteiger partial charge in [0.25, 0.3) is 0 Å². The molecule has 1 unspecified atom stereocenters. The van der Waals surface area contributed by atoms with Gasteiger partial charge in [0, 0.05) is 26.9 Å². The highest BCUT2D eigenvalue weighted by atomic mass is 16.6. The molecule has 0 spiro atoms. The van der Waals surface area contributed by atoms with Crippen molar-refractivity contribution in [2.45, 2.75) is 33.1 Å². The monoisotopic (exact) mass is 336 g/mol. The van der Waals surface area contributed by atoms with Gasteiger partial charge < -0.3 is 9.64 Å². The van der Waals surface area contributed by atoms with E-state index < -0.39 is 5.92 Å². The van der Waals surface area contributed by atoms with E-state index in [4.69, 9.17) is 9.57 Å². The summed E-state index contributed by atoms with van der Waals surface area (Å²) in [6.07, 6.45) is 4.80. The van der Waals surface area contributed by atoms with E-state index in [1.165, 1.54) is 4.90 Å². The lowest BCUT2D eigenvalue weighted by atomic mass is 9.84. The molecule has 1 atom stereocenters. The molecule has 0 aromatic carbocycles. The van der Waals surface area contributed by atoms with Gasteiger partial charge in [0.15, 0.2) is 5.78 Å². The Balaban J connectivity index is 3.21. The lowest BCUT2D eigenvalue weighted by molar-refractivity contribution is -0.136. The number of ether oxygens (including phenoxy) is 1. The van der Waals surface area contributed by atoms with Crippen LogP contribution in [0.2, 0.25) is 0 Å². The average molecular weight is 336 g/mol. The highest BCUT2D eigenvalue weighted by Gasteiger charge is 2.35. The van der Waals surface area contributed by atoms with Gasteiger partial charge >= 0.3 is 0 Å². The number of nitrogens with one attached hydrogen (secondary N) is 1. The van der Waals surface area contributed by atoms with E-state index in [9.17, 15) is 9.59 Å². The van der Waals surface area contributed by atoms with Crippen LogP contribution in [0.3, 0.4) is 0 Å². The molecule has 0 aliphatic heterocycles. The Morgan fingerprint density at radius 3 is 2.62 bits per heavy atom. The molecule has 6 nitrogen and oxygen atoms in total. The lowest BCUT2D eigenvalue weighted by Crippen LogP contribution is -2.35. The quantitative estimate of drug-likeness (QED) is 0.517. The second-order valence-corrected chi connectivity index (χ2v) is 5.72. The summed E-state index contributed by atoms with van der Waals surface area (Å²) < 4.78 is 5.72. The van der Waals surface area contributed by atoms with Crippen molar-refractivity contribution in [3.05, 3.63) is 35.8 Å². The lowest BCUT2D eigenvalue weighted by Gasteiger charge is -2.28. The van der Waals surface area contributed by atoms with Crippen LogP contribution in [0.15, 0.2) is 35.8 Å². The van der Waals surface area contributed by atoms with Gasteiger partial charge in [0.05, 0.1) is 23.8 Å². The van der Waals surface area contributed by atoms with E-state index in [-0.39, 0.29) is 24.7 Å². The first kappa shape index (κ1) is 20.0. The maximum atomic E-state index is 12.7. The Kier molecular flexibility index (Phi) is 8.26. The number of carbonyl (C=O) groups is 2. The van der Waals surface area contributed by atoms with Crippen LogP contribution in [0.4, 0.5) is 0 Å². The van der Waals surface area contributed by atoms with Crippen LogP contribution in [0.1, 0.15) is 33.1 Å². The predicted octanol–water partition coefficient (Wildman–Crippen LogP) is 2.35. The first-order valence-electron chi connectivity index (χ1n) is 8.25. The van der Waals surface area contributed by atoms with Crippen LogP contribution in [0.25, 0.3) is 0 Å². The molecular weight excluding hydrogens is 308 g/mol. The second-order valence-electron chi connectivity index (χ2n) is 5.72. The van der Waals surface area contributed by atoms with Gasteiger partial charge in [-0.3, -0.25) is 19.9 Å². The minimum absolute atomic E-state index is 0.0686. The third kappa shape index (κ3) is 5.23. The summed E-state index contributed by atoms with van der Waals surface area (Å²) in [7, 11) is 3.38. The van der Waals surface area contributed by atoms with E-state index in [1.54, 1.807) is 20.2 Å². The molecule has 6 heteroatoms. The third-order valence-corrected chi connectivity index (χ3v) is 3.59. The molecule has 1 rings (SSSR count). The topological polar surface area (TPSA) is 67.9 Å². The number of hydrogen-bond acceptors (Lipinski definition) is 5. The third-order valence-electron chi connectivity index (χ3n) is 3.59. The normalized spacial score (nSPS) is 18.4. The number of allylic oxidation sites excluding steroid dienone is 3. The molecule has 0 heterocycles. The van der Waals surface area contributed by atoms with Gasteiger partial charge in [-0.1, -0.05) is 25.7 Å². The molecule has 0 radical (unpaired) electrons. The number of hydroxylamine groups is 1. The van der Waals surface area contributed by atoms with Crippen LogP contribution in [-0.4, -0.2) is 43.9 Å². The summed E-state index contributed by atoms with van der Waals surface area (Å²) in [6.45, 7) is 8.22. The zero-order valence-corrected chi connectivity index (χ0v) is 15.1. The molecule has 1 amide bonds. The van der Waals surface area contributed by atoms with Crippen molar-refractivity contribution in [2.24, 2.45) is 5.92 Å². The fourth-order valence-electron chi connectivity index (χ4n) is 2.56. The Bertz CT molecular complexity index is 535. The zero-order chi connectivity index (χ0) is 18.1. The van der Waals surface area contributed by atoms with Crippen LogP contribution >= 0.6 is 0 Å². The first-order chi connectivity index (χ1) is 11.5. The van der Waals surface area contributed by atoms with Crippen LogP contribution in [-0.2, 0) is 19.2 Å². The summed E-state index contributed by atoms with van der Waals surface area (Å²) in [6, 6.07) is 0. The second kappa shape index (κ2) is 9.93. The molecule has 134 valence electrons. The molecule has 0 aromatic heterocycles. The number of nitrogens with zero attached hydrogens (tertiary/aromatic N) is 1. The van der Waals surface area contributed by atoms with E-state index >= 15 is 0 Å². The molecule has 1 aliphatic carbocycles. The molecule has 0 fully saturated rings. The Hall–Kier alpha value is -2.08. The van der Waals surface area contributed by atoms with E-state index in [0.717, 1.165) is 6.42 Å². The van der Waals surface area contributed by atoms with Crippen molar-refractivity contribution in [3.8, 4) is 0 Å². The maximum Gasteiger partial charge on any atom is 0.226 e. The molecule has 1 aliphatic rings. The van der Waals surface area contributed by atoms with Gasteiger partial charge in [-0.05, 0) is 13.3 Å². The minimum Gasteiger partial charge on any atom is -0.493 e. The van der Waals surface area contributed by atoms with E-state index in [1.807, 2.05) is 19.9 Å². The largest absolute Gasteiger partial charge is 0.493 e. The standard InChI is InChI=1S/C18H28N2O4/c1-6-9-14(19-24-8-3)17-15(21)11-13(18(22)20(4)5)12-16(17)23-10-7-2/h7,9,13,19H,2,6,8,10-12H2,1,3-5H3. The van der Waals surface area contributed by atoms with Crippen LogP contribution < -0.4 is 5.48 Å². The Labute approximate surface area is 144 Å². The molecular formula is C18H28N2O4. The number of Topliss-reactive ketones (excluding diaryl/α,β-unsaturated/α-hetero) is 1. The van der Waals surface area contributed by atoms with E-state index in [2.05, 4.69) is 12.1 Å². The maximum absolute atomic E-state index is 12.7. The molecule has 0 saturated heterocycles. The fraction of sp³-hybridized carbons (Fsp3) is 0.556. The zero-order valence-electron chi connectivity index (χ0n) is 15.1. The van der Waals surface area contributed by atoms with Crippen molar-refractivity contribution in [3.63, 3.8) is 0 Å². The van der Waals surface area contributed by atoms with Crippen molar-refractivity contribution in [1.29, 1.82) is 0 Å². The minimum atomic E-state index is -0.397. The van der Waals surface area contributed by atoms with Crippen molar-refractivity contribution >= 4 is 11.7 Å². The Morgan fingerprint density at radius 1 is 1.38 bits per heavy atom. The number of amides is 1. The SMILES string of the molecule is C=CCOC1=C(C(=CCC)NOCC)C(=O)CC(C(=O)N(C)C)C1. The fourth-order valence-corrected chi connectivity index (χ4v) is 2.56. The first-order valence-corrected chi connectivity index (χ1v) is 8.25. The highest BCUT2D eigenvalue weighted by Crippen LogP contribution is 2.32. The van der Waals surface area contributed by atoms with Crippen LogP contribution in [0.5, 0.6) is 0 Å². The smallest absolute Gasteiger partial charge is 0.226 e. The summed E-state index contributed by atoms with van der Waals surface area (Å²) >= 11 is 0. The number of hydrogen-bond donors (Lipinski definition) is 1. The van der Waals surface area contributed by atoms with E-state index in [0.29, 0.717) is 30.1 Å². The number of rotatable bonds is 9. The van der Waals surface area contributed by atoms with Gasteiger partial charge in [-0.15, -0.1) is 0 Å². The Morgan fingerprint density at radius 2 is 2.08 bits per heavy atom. The van der Waals surface area contributed by atoms with Gasteiger partial charge in [0.1, 0.15) is 12.4 Å². The van der Waals surface area contributed by atoms with Gasteiger partial charge in [-0.25, -0.2) is 0 Å². The summed E-state index contributed by atoms with van der Waals surface area (Å²) in [5.74, 6) is -0.0717. The highest BCUT2D eigenvalue weighted by molar-refractivity contribution is 6.03. The van der Waals surface area contributed by atoms with Gasteiger partial charge in [-0.2, -0.15) is 0 Å². The molecule has 24 heavy (non-hydrogen) atoms. The average Bonchev–Trinajstić information content (AvgIpc) is 2.55. The van der Waals surface area contributed by atoms with Crippen molar-refractivity contribution < 1.29 is 19.2 Å². The predicted molar refractivity (Wildman–Crippen MR) is 92.7 cm³/mol. The molecule has 0 saturated carbocycles. The molecule has 0 bridgehead atoms. The summed E-state index contributed by atoms with van der Waals surface area (Å²) in [5, 5.41) is 0. The summed E-state index contributed by atoms with van der Waals surface area (Å²) in [5.41, 5.74) is 3.89. The van der Waals surface area contributed by atoms with Crippen molar-refractivity contribution in [2.75, 3.05) is 27.3 Å². The van der Waals surface area contributed by atoms with Gasteiger partial charge in [0.2, 0.25) is 5.91 Å². The van der Waals surface area contributed by atoms with Crippen molar-refractivity contribution in [1.82, 2.24) is 10.4 Å².